The van der Waals surface area contributed by atoms with Crippen molar-refractivity contribution in [3.8, 4) is 5.75 Å². The summed E-state index contributed by atoms with van der Waals surface area (Å²) < 4.78 is 12.8. The van der Waals surface area contributed by atoms with Gasteiger partial charge in [0.2, 0.25) is 5.91 Å². The zero-order valence-corrected chi connectivity index (χ0v) is 24.1. The van der Waals surface area contributed by atoms with Crippen molar-refractivity contribution >= 4 is 29.1 Å². The first-order valence-corrected chi connectivity index (χ1v) is 14.8. The van der Waals surface area contributed by atoms with Crippen molar-refractivity contribution < 1.29 is 29.3 Å². The van der Waals surface area contributed by atoms with Gasteiger partial charge in [-0.3, -0.25) is 9.59 Å². The van der Waals surface area contributed by atoms with Gasteiger partial charge in [0.1, 0.15) is 5.75 Å². The number of phenols is 1. The van der Waals surface area contributed by atoms with Crippen molar-refractivity contribution in [3.05, 3.63) is 125 Å². The molecule has 8 heteroatoms. The first-order chi connectivity index (χ1) is 20.4. The third kappa shape index (κ3) is 7.86. The molecule has 3 unspecified atom stereocenters. The van der Waals surface area contributed by atoms with Crippen LogP contribution in [-0.2, 0) is 27.3 Å². The number of ether oxygens (including phenoxy) is 2. The standard InChI is InChI=1S/C34H33NO6S/c1-22(37)27-3-2-4-28(18-27)35-33(39)17-23-5-11-26(12-6-23)34-40-30(21-42-31-15-13-29(38)14-16-31)19-32(41-34)25-9-7-24(20-36)8-10-25/h2-16,18,30,32,34,36,38H,17,19-21H2,1H3,(H,35,39). The van der Waals surface area contributed by atoms with Crippen LogP contribution < -0.4 is 5.32 Å². The van der Waals surface area contributed by atoms with Crippen LogP contribution in [0.5, 0.6) is 5.75 Å². The molecule has 3 atom stereocenters. The molecule has 3 N–H and O–H groups in total. The summed E-state index contributed by atoms with van der Waals surface area (Å²) in [7, 11) is 0. The van der Waals surface area contributed by atoms with Gasteiger partial charge in [-0.05, 0) is 60.0 Å². The molecule has 7 nitrogen and oxygen atoms in total. The second-order valence-electron chi connectivity index (χ2n) is 10.3. The molecule has 4 aromatic rings. The van der Waals surface area contributed by atoms with E-state index in [9.17, 15) is 19.8 Å². The lowest BCUT2D eigenvalue weighted by atomic mass is 10.0. The number of aliphatic hydroxyl groups is 1. The average molecular weight is 584 g/mol. The smallest absolute Gasteiger partial charge is 0.228 e. The van der Waals surface area contributed by atoms with Crippen molar-refractivity contribution in [1.82, 2.24) is 0 Å². The zero-order chi connectivity index (χ0) is 29.5. The van der Waals surface area contributed by atoms with E-state index in [0.29, 0.717) is 23.4 Å². The Morgan fingerprint density at radius 3 is 2.26 bits per heavy atom. The number of aliphatic hydroxyl groups excluding tert-OH is 1. The lowest BCUT2D eigenvalue weighted by molar-refractivity contribution is -0.245. The maximum Gasteiger partial charge on any atom is 0.228 e. The topological polar surface area (TPSA) is 105 Å². The lowest BCUT2D eigenvalue weighted by Gasteiger charge is -2.36. The van der Waals surface area contributed by atoms with E-state index in [1.54, 1.807) is 48.2 Å². The first-order valence-electron chi connectivity index (χ1n) is 13.8. The van der Waals surface area contributed by atoms with Crippen LogP contribution in [0.4, 0.5) is 5.69 Å². The van der Waals surface area contributed by atoms with Gasteiger partial charge in [-0.25, -0.2) is 0 Å². The van der Waals surface area contributed by atoms with Crippen LogP contribution in [0.15, 0.2) is 102 Å². The van der Waals surface area contributed by atoms with Gasteiger partial charge < -0.3 is 25.0 Å². The van der Waals surface area contributed by atoms with Crippen molar-refractivity contribution in [2.75, 3.05) is 11.1 Å². The van der Waals surface area contributed by atoms with Crippen molar-refractivity contribution in [2.24, 2.45) is 0 Å². The number of rotatable bonds is 10. The molecule has 0 aromatic heterocycles. The SMILES string of the molecule is CC(=O)c1cccc(NC(=O)Cc2ccc(C3OC(CSc4ccc(O)cc4)CC(c4ccc(CO)cc4)O3)cc2)c1. The van der Waals surface area contributed by atoms with E-state index in [-0.39, 0.29) is 42.7 Å². The van der Waals surface area contributed by atoms with Crippen LogP contribution in [-0.4, -0.2) is 33.8 Å². The van der Waals surface area contributed by atoms with E-state index in [2.05, 4.69) is 5.32 Å². The molecule has 0 saturated carbocycles. The number of hydrogen-bond acceptors (Lipinski definition) is 7. The van der Waals surface area contributed by atoms with Crippen LogP contribution in [0.2, 0.25) is 0 Å². The number of thioether (sulfide) groups is 1. The van der Waals surface area contributed by atoms with E-state index < -0.39 is 6.29 Å². The fraction of sp³-hybridized carbons (Fsp3) is 0.235. The Hall–Kier alpha value is -3.95. The van der Waals surface area contributed by atoms with Crippen LogP contribution in [0.3, 0.4) is 0 Å². The second-order valence-corrected chi connectivity index (χ2v) is 11.4. The predicted octanol–water partition coefficient (Wildman–Crippen LogP) is 6.61. The zero-order valence-electron chi connectivity index (χ0n) is 23.2. The van der Waals surface area contributed by atoms with E-state index in [1.165, 1.54) is 6.92 Å². The number of aromatic hydroxyl groups is 1. The number of Topliss-reactive ketones (excluding diaryl/α,β-unsaturated/α-hetero) is 1. The molecule has 1 heterocycles. The molecule has 42 heavy (non-hydrogen) atoms. The predicted molar refractivity (Wildman–Crippen MR) is 162 cm³/mol. The minimum absolute atomic E-state index is 0.0153. The number of benzene rings is 4. The third-order valence-electron chi connectivity index (χ3n) is 7.06. The van der Waals surface area contributed by atoms with Crippen molar-refractivity contribution in [1.29, 1.82) is 0 Å². The molecule has 1 amide bonds. The van der Waals surface area contributed by atoms with Gasteiger partial charge in [-0.15, -0.1) is 11.8 Å². The molecule has 1 saturated heterocycles. The normalized spacial score (nSPS) is 18.4. The number of phenolic OH excluding ortho intramolecular Hbond substituents is 1. The Kier molecular flexibility index (Phi) is 9.71. The van der Waals surface area contributed by atoms with Crippen LogP contribution in [0, 0.1) is 0 Å². The highest BCUT2D eigenvalue weighted by Crippen LogP contribution is 2.39. The molecule has 4 aromatic carbocycles. The minimum Gasteiger partial charge on any atom is -0.508 e. The largest absolute Gasteiger partial charge is 0.508 e. The molecule has 0 spiro atoms. The van der Waals surface area contributed by atoms with Crippen LogP contribution in [0.25, 0.3) is 0 Å². The Labute approximate surface area is 249 Å². The first kappa shape index (κ1) is 29.5. The highest BCUT2D eigenvalue weighted by atomic mass is 32.2. The number of amides is 1. The number of carbonyl (C=O) groups is 2. The summed E-state index contributed by atoms with van der Waals surface area (Å²) in [5.41, 5.74) is 4.68. The van der Waals surface area contributed by atoms with Gasteiger partial charge in [0.05, 0.1) is 25.2 Å². The summed E-state index contributed by atoms with van der Waals surface area (Å²) >= 11 is 1.66. The van der Waals surface area contributed by atoms with Gasteiger partial charge in [-0.2, -0.15) is 0 Å². The highest BCUT2D eigenvalue weighted by molar-refractivity contribution is 7.99. The van der Waals surface area contributed by atoms with E-state index in [4.69, 9.17) is 9.47 Å². The van der Waals surface area contributed by atoms with Crippen molar-refractivity contribution in [3.63, 3.8) is 0 Å². The summed E-state index contributed by atoms with van der Waals surface area (Å²) in [6, 6.07) is 29.4. The fourth-order valence-corrected chi connectivity index (χ4v) is 5.67. The Balaban J connectivity index is 1.26. The minimum atomic E-state index is -0.594. The van der Waals surface area contributed by atoms with Gasteiger partial charge >= 0.3 is 0 Å². The molecule has 0 radical (unpaired) electrons. The fourth-order valence-electron chi connectivity index (χ4n) is 4.75. The van der Waals surface area contributed by atoms with Gasteiger partial charge in [0, 0.05) is 33.9 Å². The number of anilines is 1. The summed E-state index contributed by atoms with van der Waals surface area (Å²) in [5.74, 6) is 0.709. The molecule has 0 aliphatic carbocycles. The molecule has 5 rings (SSSR count). The molecule has 1 fully saturated rings. The Morgan fingerprint density at radius 1 is 0.881 bits per heavy atom. The quantitative estimate of drug-likeness (QED) is 0.143. The summed E-state index contributed by atoms with van der Waals surface area (Å²) in [5, 5.41) is 21.9. The summed E-state index contributed by atoms with van der Waals surface area (Å²) in [4.78, 5) is 25.4. The van der Waals surface area contributed by atoms with Gasteiger partial charge in [-0.1, -0.05) is 60.7 Å². The van der Waals surface area contributed by atoms with E-state index in [0.717, 1.165) is 27.1 Å². The molecule has 1 aliphatic rings. The summed E-state index contributed by atoms with van der Waals surface area (Å²) in [6.07, 6.45) is -0.0328. The Morgan fingerprint density at radius 2 is 1.57 bits per heavy atom. The third-order valence-corrected chi connectivity index (χ3v) is 8.20. The molecule has 0 bridgehead atoms. The number of carbonyl (C=O) groups excluding carboxylic acids is 2. The second kappa shape index (κ2) is 13.8. The van der Waals surface area contributed by atoms with E-state index in [1.807, 2.05) is 60.7 Å². The number of hydrogen-bond donors (Lipinski definition) is 3. The van der Waals surface area contributed by atoms with E-state index >= 15 is 0 Å². The average Bonchev–Trinajstić information content (AvgIpc) is 3.01. The van der Waals surface area contributed by atoms with Crippen LogP contribution in [0.1, 0.15) is 58.4 Å². The van der Waals surface area contributed by atoms with Crippen LogP contribution >= 0.6 is 11.8 Å². The lowest BCUT2D eigenvalue weighted by Crippen LogP contribution is -2.31. The molecule has 216 valence electrons. The maximum absolute atomic E-state index is 12.7. The summed E-state index contributed by atoms with van der Waals surface area (Å²) in [6.45, 7) is 1.48. The highest BCUT2D eigenvalue weighted by Gasteiger charge is 2.32. The van der Waals surface area contributed by atoms with Crippen molar-refractivity contribution in [2.45, 2.75) is 49.8 Å². The number of ketones is 1. The molecule has 1 aliphatic heterocycles. The molecular formula is C34H33NO6S. The Bertz CT molecular complexity index is 1500. The number of nitrogens with one attached hydrogen (secondary N) is 1. The molecular weight excluding hydrogens is 550 g/mol. The van der Waals surface area contributed by atoms with Gasteiger partial charge in [0.15, 0.2) is 12.1 Å². The van der Waals surface area contributed by atoms with Gasteiger partial charge in [0.25, 0.3) is 0 Å². The maximum atomic E-state index is 12.7. The monoisotopic (exact) mass is 583 g/mol.